The van der Waals surface area contributed by atoms with Crippen molar-refractivity contribution < 1.29 is 18.7 Å². The third-order valence-electron chi connectivity index (χ3n) is 3.77. The second-order valence-corrected chi connectivity index (χ2v) is 6.57. The van der Waals surface area contributed by atoms with Gasteiger partial charge in [0.2, 0.25) is 0 Å². The van der Waals surface area contributed by atoms with Crippen molar-refractivity contribution in [3.8, 4) is 5.75 Å². The van der Waals surface area contributed by atoms with Crippen molar-refractivity contribution in [3.63, 3.8) is 0 Å². The van der Waals surface area contributed by atoms with Crippen LogP contribution in [0.3, 0.4) is 0 Å². The minimum Gasteiger partial charge on any atom is -0.497 e. The second-order valence-electron chi connectivity index (χ2n) is 5.29. The maximum atomic E-state index is 13.2. The van der Waals surface area contributed by atoms with Gasteiger partial charge in [-0.3, -0.25) is 9.59 Å². The van der Waals surface area contributed by atoms with E-state index in [-0.39, 0.29) is 5.91 Å². The van der Waals surface area contributed by atoms with Gasteiger partial charge in [-0.15, -0.1) is 11.8 Å². The highest BCUT2D eigenvalue weighted by Crippen LogP contribution is 2.38. The lowest BCUT2D eigenvalue weighted by molar-refractivity contribution is -0.119. The molecular weight excluding hydrogens is 341 g/mol. The predicted octanol–water partition coefficient (Wildman–Crippen LogP) is 3.87. The number of carbonyl (C=O) groups is 2. The van der Waals surface area contributed by atoms with E-state index in [0.717, 1.165) is 4.90 Å². The first-order chi connectivity index (χ1) is 12.1. The molecule has 0 N–H and O–H groups in total. The van der Waals surface area contributed by atoms with Gasteiger partial charge < -0.3 is 4.74 Å². The SMILES string of the molecule is CCSC1=C(c2ccc(F)cc2)C(=O)N(c2cccc(OC)c2)C1=O. The summed E-state index contributed by atoms with van der Waals surface area (Å²) in [4.78, 5) is 27.4. The molecule has 0 atom stereocenters. The van der Waals surface area contributed by atoms with Gasteiger partial charge in [-0.05, 0) is 35.6 Å². The van der Waals surface area contributed by atoms with Gasteiger partial charge in [0.15, 0.2) is 0 Å². The summed E-state index contributed by atoms with van der Waals surface area (Å²) in [5.41, 5.74) is 1.28. The fourth-order valence-electron chi connectivity index (χ4n) is 2.64. The van der Waals surface area contributed by atoms with Crippen LogP contribution in [0.4, 0.5) is 10.1 Å². The van der Waals surface area contributed by atoms with Crippen LogP contribution in [-0.4, -0.2) is 24.7 Å². The van der Waals surface area contributed by atoms with Gasteiger partial charge in [0.05, 0.1) is 23.3 Å². The quantitative estimate of drug-likeness (QED) is 0.762. The van der Waals surface area contributed by atoms with Gasteiger partial charge in [0.25, 0.3) is 11.8 Å². The van der Waals surface area contributed by atoms with Crippen molar-refractivity contribution in [1.29, 1.82) is 0 Å². The lowest BCUT2D eigenvalue weighted by atomic mass is 10.1. The fourth-order valence-corrected chi connectivity index (χ4v) is 3.50. The number of hydrogen-bond acceptors (Lipinski definition) is 4. The van der Waals surface area contributed by atoms with Crippen molar-refractivity contribution in [3.05, 3.63) is 64.8 Å². The molecule has 2 aromatic rings. The van der Waals surface area contributed by atoms with Crippen LogP contribution < -0.4 is 9.64 Å². The Morgan fingerprint density at radius 3 is 2.44 bits per heavy atom. The van der Waals surface area contributed by atoms with Gasteiger partial charge >= 0.3 is 0 Å². The number of halogens is 1. The number of hydrogen-bond donors (Lipinski definition) is 0. The third kappa shape index (κ3) is 3.17. The zero-order valence-electron chi connectivity index (χ0n) is 13.8. The summed E-state index contributed by atoms with van der Waals surface area (Å²) in [7, 11) is 1.52. The van der Waals surface area contributed by atoms with E-state index >= 15 is 0 Å². The molecule has 0 fully saturated rings. The Balaban J connectivity index is 2.07. The molecule has 0 radical (unpaired) electrons. The number of amides is 2. The molecule has 128 valence electrons. The van der Waals surface area contributed by atoms with Gasteiger partial charge in [-0.25, -0.2) is 9.29 Å². The molecule has 6 heteroatoms. The molecule has 3 rings (SSSR count). The molecule has 2 aromatic carbocycles. The number of nitrogens with zero attached hydrogens (tertiary/aromatic N) is 1. The van der Waals surface area contributed by atoms with E-state index in [9.17, 15) is 14.0 Å². The summed E-state index contributed by atoms with van der Waals surface area (Å²) >= 11 is 1.31. The van der Waals surface area contributed by atoms with Gasteiger partial charge in [0.1, 0.15) is 11.6 Å². The smallest absolute Gasteiger partial charge is 0.272 e. The Morgan fingerprint density at radius 2 is 1.80 bits per heavy atom. The van der Waals surface area contributed by atoms with Crippen LogP contribution in [-0.2, 0) is 9.59 Å². The molecule has 25 heavy (non-hydrogen) atoms. The standard InChI is InChI=1S/C19H16FNO3S/c1-3-25-17-16(12-7-9-13(20)10-8-12)18(22)21(19(17)23)14-5-4-6-15(11-14)24-2/h4-11H,3H2,1-2H3. The Morgan fingerprint density at radius 1 is 1.08 bits per heavy atom. The van der Waals surface area contributed by atoms with Crippen LogP contribution in [0.25, 0.3) is 5.57 Å². The molecule has 1 aliphatic heterocycles. The topological polar surface area (TPSA) is 46.6 Å². The first-order valence-electron chi connectivity index (χ1n) is 7.72. The zero-order valence-corrected chi connectivity index (χ0v) is 14.6. The minimum absolute atomic E-state index is 0.305. The number of methoxy groups -OCH3 is 1. The van der Waals surface area contributed by atoms with E-state index in [1.807, 2.05) is 6.92 Å². The molecule has 4 nitrogen and oxygen atoms in total. The number of imide groups is 1. The summed E-state index contributed by atoms with van der Waals surface area (Å²) in [5, 5.41) is 0. The summed E-state index contributed by atoms with van der Waals surface area (Å²) in [6.07, 6.45) is 0. The normalized spacial score (nSPS) is 14.4. The zero-order chi connectivity index (χ0) is 18.0. The molecule has 0 saturated carbocycles. The van der Waals surface area contributed by atoms with Crippen molar-refractivity contribution in [1.82, 2.24) is 0 Å². The fraction of sp³-hybridized carbons (Fsp3) is 0.158. The van der Waals surface area contributed by atoms with E-state index in [1.165, 1.54) is 43.1 Å². The van der Waals surface area contributed by atoms with E-state index in [1.54, 1.807) is 24.3 Å². The molecule has 0 aromatic heterocycles. The molecule has 0 spiro atoms. The van der Waals surface area contributed by atoms with Crippen molar-refractivity contribution in [2.75, 3.05) is 17.8 Å². The molecule has 0 saturated heterocycles. The number of anilines is 1. The van der Waals surface area contributed by atoms with Crippen molar-refractivity contribution in [2.45, 2.75) is 6.92 Å². The van der Waals surface area contributed by atoms with E-state index < -0.39 is 11.7 Å². The average molecular weight is 357 g/mol. The highest BCUT2D eigenvalue weighted by Gasteiger charge is 2.40. The minimum atomic E-state index is -0.416. The number of ether oxygens (including phenoxy) is 1. The Bertz CT molecular complexity index is 861. The molecule has 2 amide bonds. The highest BCUT2D eigenvalue weighted by atomic mass is 32.2. The molecular formula is C19H16FNO3S. The Kier molecular flexibility index (Phi) is 4.90. The van der Waals surface area contributed by atoms with Crippen molar-refractivity contribution in [2.24, 2.45) is 0 Å². The number of thioether (sulfide) groups is 1. The second kappa shape index (κ2) is 7.11. The molecule has 0 bridgehead atoms. The van der Waals surface area contributed by atoms with E-state index in [2.05, 4.69) is 0 Å². The van der Waals surface area contributed by atoms with E-state index in [0.29, 0.717) is 33.2 Å². The monoisotopic (exact) mass is 357 g/mol. The average Bonchev–Trinajstić information content (AvgIpc) is 2.86. The van der Waals surface area contributed by atoms with Gasteiger partial charge in [-0.2, -0.15) is 0 Å². The molecule has 0 aliphatic carbocycles. The van der Waals surface area contributed by atoms with Crippen LogP contribution in [0.15, 0.2) is 53.4 Å². The Labute approximate surface area is 149 Å². The molecule has 1 aliphatic rings. The van der Waals surface area contributed by atoms with Gasteiger partial charge in [0, 0.05) is 6.07 Å². The lowest BCUT2D eigenvalue weighted by Gasteiger charge is -2.16. The summed E-state index contributed by atoms with van der Waals surface area (Å²) < 4.78 is 18.4. The summed E-state index contributed by atoms with van der Waals surface area (Å²) in [6.45, 7) is 1.91. The lowest BCUT2D eigenvalue weighted by Crippen LogP contribution is -2.31. The van der Waals surface area contributed by atoms with Crippen LogP contribution in [0.1, 0.15) is 12.5 Å². The summed E-state index contributed by atoms with van der Waals surface area (Å²) in [6, 6.07) is 12.4. The molecule has 1 heterocycles. The molecule has 0 unspecified atom stereocenters. The Hall–Kier alpha value is -2.60. The first kappa shape index (κ1) is 17.2. The van der Waals surface area contributed by atoms with Gasteiger partial charge in [-0.1, -0.05) is 25.1 Å². The van der Waals surface area contributed by atoms with Crippen LogP contribution >= 0.6 is 11.8 Å². The highest BCUT2D eigenvalue weighted by molar-refractivity contribution is 8.04. The number of carbonyl (C=O) groups excluding carboxylic acids is 2. The van der Waals surface area contributed by atoms with Crippen LogP contribution in [0.5, 0.6) is 5.75 Å². The summed E-state index contributed by atoms with van der Waals surface area (Å²) in [5.74, 6) is 0.0177. The maximum Gasteiger partial charge on any atom is 0.272 e. The predicted molar refractivity (Wildman–Crippen MR) is 96.9 cm³/mol. The third-order valence-corrected chi connectivity index (χ3v) is 4.73. The van der Waals surface area contributed by atoms with Crippen molar-refractivity contribution >= 4 is 34.8 Å². The van der Waals surface area contributed by atoms with Crippen LogP contribution in [0, 0.1) is 5.82 Å². The largest absolute Gasteiger partial charge is 0.497 e. The van der Waals surface area contributed by atoms with E-state index in [4.69, 9.17) is 4.74 Å². The van der Waals surface area contributed by atoms with Crippen LogP contribution in [0.2, 0.25) is 0 Å². The number of benzene rings is 2. The number of rotatable bonds is 5. The maximum absolute atomic E-state index is 13.2. The first-order valence-corrected chi connectivity index (χ1v) is 8.71.